The summed E-state index contributed by atoms with van der Waals surface area (Å²) in [5, 5.41) is 48.6. The van der Waals surface area contributed by atoms with Crippen molar-refractivity contribution in [2.75, 3.05) is 13.1 Å². The van der Waals surface area contributed by atoms with E-state index in [0.29, 0.717) is 17.2 Å². The van der Waals surface area contributed by atoms with Gasteiger partial charge in [-0.3, -0.25) is 29.1 Å². The second-order valence-corrected chi connectivity index (χ2v) is 17.2. The highest BCUT2D eigenvalue weighted by Gasteiger charge is 2.36. The van der Waals surface area contributed by atoms with Crippen LogP contribution in [-0.4, -0.2) is 123 Å². The van der Waals surface area contributed by atoms with Gasteiger partial charge in [-0.25, -0.2) is 19.2 Å². The van der Waals surface area contributed by atoms with E-state index in [1.165, 1.54) is 24.8 Å². The van der Waals surface area contributed by atoms with E-state index < -0.39 is 116 Å². The number of carboxylic acid groups (broad SMARTS) is 4. The molecular weight excluding hydrogens is 853 g/mol. The molecule has 4 amide bonds. The lowest BCUT2D eigenvalue weighted by Gasteiger charge is -2.20. The van der Waals surface area contributed by atoms with Crippen LogP contribution in [0.25, 0.3) is 0 Å². The van der Waals surface area contributed by atoms with Crippen LogP contribution >= 0.6 is 0 Å². The van der Waals surface area contributed by atoms with Crippen LogP contribution in [0.3, 0.4) is 0 Å². The van der Waals surface area contributed by atoms with Gasteiger partial charge in [-0.1, -0.05) is 0 Å². The van der Waals surface area contributed by atoms with E-state index in [-0.39, 0.29) is 45.1 Å². The van der Waals surface area contributed by atoms with Crippen molar-refractivity contribution in [2.24, 2.45) is 0 Å². The largest absolute Gasteiger partial charge is 0.486 e. The molecule has 0 bridgehead atoms. The van der Waals surface area contributed by atoms with E-state index in [1.54, 1.807) is 24.3 Å². The molecule has 0 unspecified atom stereocenters. The molecule has 11 N–H and O–H groups in total. The molecule has 0 spiro atoms. The van der Waals surface area contributed by atoms with E-state index in [2.05, 4.69) is 31.2 Å². The van der Waals surface area contributed by atoms with Crippen LogP contribution < -0.4 is 21.3 Å². The number of hydrogen-bond acceptors (Lipinski definition) is 14. The number of benzene rings is 2. The van der Waals surface area contributed by atoms with Gasteiger partial charge < -0.3 is 60.2 Å². The zero-order valence-electron chi connectivity index (χ0n) is 32.3. The monoisotopic (exact) mass is 891 g/mol. The molecule has 2 aromatic heterocycles. The molecule has 4 aromatic rings. The summed E-state index contributed by atoms with van der Waals surface area (Å²) in [5.74, 6) is -10.3. The Kier molecular flexibility index (Phi) is 16.7. The molecule has 1 radical (unpaired) electrons. The first kappa shape index (κ1) is 47.5. The molecule has 325 valence electrons. The summed E-state index contributed by atoms with van der Waals surface area (Å²) in [7, 11) is -7.45. The van der Waals surface area contributed by atoms with Gasteiger partial charge in [0.25, 0.3) is 23.6 Å². The van der Waals surface area contributed by atoms with Crippen LogP contribution in [0.5, 0.6) is 0 Å². The van der Waals surface area contributed by atoms with Gasteiger partial charge in [-0.05, 0) is 78.5 Å². The van der Waals surface area contributed by atoms with Crippen molar-refractivity contribution in [3.8, 4) is 0 Å². The van der Waals surface area contributed by atoms with Gasteiger partial charge in [0.2, 0.25) is 0 Å². The number of aromatic nitrogens is 2. The summed E-state index contributed by atoms with van der Waals surface area (Å²) >= 11 is 0. The average molecular weight is 892 g/mol. The normalized spacial score (nSPS) is 11.0. The first-order valence-electron chi connectivity index (χ1n) is 18.3. The fourth-order valence-corrected chi connectivity index (χ4v) is 9.10. The predicted octanol–water partition coefficient (Wildman–Crippen LogP) is 0.490. The van der Waals surface area contributed by atoms with E-state index in [0.717, 1.165) is 18.2 Å². The Morgan fingerprint density at radius 3 is 1.21 bits per heavy atom. The molecule has 0 fully saturated rings. The van der Waals surface area contributed by atoms with Crippen LogP contribution in [0.15, 0.2) is 73.3 Å². The second-order valence-electron chi connectivity index (χ2n) is 13.1. The van der Waals surface area contributed by atoms with Gasteiger partial charge in [0.1, 0.15) is 0 Å². The van der Waals surface area contributed by atoms with E-state index >= 15 is 0 Å². The van der Waals surface area contributed by atoms with Crippen molar-refractivity contribution >= 4 is 65.6 Å². The number of amides is 4. The highest BCUT2D eigenvalue weighted by atomic mass is 28.4. The Hall–Kier alpha value is -7.23. The van der Waals surface area contributed by atoms with Crippen LogP contribution in [-0.2, 0) is 17.2 Å². The standard InChI is InChI=1S/C38H39N6O16Si2/c45-31(23-15-24(30(38(55)56)18-29(23)37(53)54)33(47)43-19-21-3-9-39-10-4-21)42-8-2-14-62(58,59)60-61(57)13-1-7-41-32(46)25-16-28(36(51)52)26(17-27(25)35(49)50)34(48)44-20-22-5-11-40-12-6-22/h3-6,9-12,15-18,57-59H,1-2,7-8,13-14,19-20H2,(H,41,46)(H,42,45)(H,43,47)(H,44,48)(H,49,50)(H,51,52)(H,53,54)(H,55,56). The summed E-state index contributed by atoms with van der Waals surface area (Å²) in [6.07, 6.45) is 5.73. The number of rotatable bonds is 22. The lowest BCUT2D eigenvalue weighted by atomic mass is 9.97. The molecule has 2 aromatic carbocycles. The number of nitrogens with one attached hydrogen (secondary N) is 4. The van der Waals surface area contributed by atoms with Gasteiger partial charge >= 0.3 is 42.0 Å². The second kappa shape index (κ2) is 21.9. The SMILES string of the molecule is O=C(O)c1cc(C(=O)NCc2ccncc2)c(C(=O)O)cc1C(=O)NCCC[Si](O)O[Si](O)(O)CCCNC(=O)c1cc(C(=O)NCc2ccncc2)c(C(=O)O)cc1C(=O)O. The molecule has 0 aliphatic carbocycles. The van der Waals surface area contributed by atoms with E-state index in [4.69, 9.17) is 4.12 Å². The minimum atomic E-state index is -4.56. The van der Waals surface area contributed by atoms with Gasteiger partial charge in [0.05, 0.1) is 44.5 Å². The number of hydrogen-bond donors (Lipinski definition) is 11. The number of aromatic carboxylic acids is 4. The van der Waals surface area contributed by atoms with E-state index in [1.807, 2.05) is 0 Å². The summed E-state index contributed by atoms with van der Waals surface area (Å²) in [6.45, 7) is -0.544. The topological polar surface area (TPSA) is 361 Å². The number of carboxylic acids is 4. The Labute approximate surface area is 353 Å². The van der Waals surface area contributed by atoms with Gasteiger partial charge in [-0.15, -0.1) is 0 Å². The Morgan fingerprint density at radius 2 is 0.839 bits per heavy atom. The minimum Gasteiger partial charge on any atom is -0.478 e. The third-order valence-electron chi connectivity index (χ3n) is 8.72. The van der Waals surface area contributed by atoms with Crippen LogP contribution in [0.2, 0.25) is 12.1 Å². The van der Waals surface area contributed by atoms with Crippen molar-refractivity contribution in [2.45, 2.75) is 38.0 Å². The number of carbonyl (C=O) groups excluding carboxylic acids is 4. The fraction of sp³-hybridized carbons (Fsp3) is 0.211. The quantitative estimate of drug-likeness (QED) is 0.0378. The third-order valence-corrected chi connectivity index (χ3v) is 12.8. The molecule has 0 aliphatic heterocycles. The maximum absolute atomic E-state index is 13.1. The number of nitrogens with zero attached hydrogens (tertiary/aromatic N) is 2. The maximum Gasteiger partial charge on any atom is 0.486 e. The fourth-order valence-electron chi connectivity index (χ4n) is 5.66. The van der Waals surface area contributed by atoms with Crippen molar-refractivity contribution in [3.05, 3.63) is 129 Å². The van der Waals surface area contributed by atoms with Gasteiger partial charge in [0.15, 0.2) is 0 Å². The molecule has 62 heavy (non-hydrogen) atoms. The van der Waals surface area contributed by atoms with Crippen molar-refractivity contribution < 1.29 is 77.3 Å². The zero-order valence-corrected chi connectivity index (χ0v) is 34.3. The Bertz CT molecular complexity index is 2350. The first-order valence-corrected chi connectivity index (χ1v) is 21.8. The Balaban J connectivity index is 1.28. The highest BCUT2D eigenvalue weighted by Crippen LogP contribution is 2.21. The molecule has 24 heteroatoms. The summed E-state index contributed by atoms with van der Waals surface area (Å²) < 4.78 is 5.10. The van der Waals surface area contributed by atoms with E-state index in [9.17, 15) is 73.2 Å². The summed E-state index contributed by atoms with van der Waals surface area (Å²) in [5.41, 5.74) is -3.52. The minimum absolute atomic E-state index is 0.0168. The average Bonchev–Trinajstić information content (AvgIpc) is 3.24. The maximum atomic E-state index is 13.1. The molecule has 0 saturated carbocycles. The van der Waals surface area contributed by atoms with Crippen LogP contribution in [0.4, 0.5) is 0 Å². The first-order chi connectivity index (χ1) is 29.4. The zero-order chi connectivity index (χ0) is 45.6. The van der Waals surface area contributed by atoms with Crippen molar-refractivity contribution in [1.29, 1.82) is 0 Å². The lowest BCUT2D eigenvalue weighted by molar-refractivity contribution is 0.0675. The summed E-state index contributed by atoms with van der Waals surface area (Å²) in [6, 6.07) is 8.81. The molecule has 0 atom stereocenters. The lowest BCUT2D eigenvalue weighted by Crippen LogP contribution is -2.45. The molecule has 22 nitrogen and oxygen atoms in total. The van der Waals surface area contributed by atoms with Crippen molar-refractivity contribution in [1.82, 2.24) is 31.2 Å². The molecule has 0 saturated heterocycles. The summed E-state index contributed by atoms with van der Waals surface area (Å²) in [4.78, 5) is 139. The van der Waals surface area contributed by atoms with Gasteiger partial charge in [0, 0.05) is 57.0 Å². The Morgan fingerprint density at radius 1 is 0.516 bits per heavy atom. The highest BCUT2D eigenvalue weighted by molar-refractivity contribution is 6.66. The van der Waals surface area contributed by atoms with Crippen molar-refractivity contribution in [3.63, 3.8) is 0 Å². The van der Waals surface area contributed by atoms with Crippen LogP contribution in [0.1, 0.15) is 107 Å². The molecule has 0 aliphatic rings. The molecular formula is C38H39N6O16Si2. The molecule has 4 rings (SSSR count). The van der Waals surface area contributed by atoms with Gasteiger partial charge in [-0.2, -0.15) is 0 Å². The van der Waals surface area contributed by atoms with Crippen LogP contribution in [0, 0.1) is 0 Å². The third kappa shape index (κ3) is 13.4. The predicted molar refractivity (Wildman–Crippen MR) is 214 cm³/mol. The number of pyridine rings is 2. The smallest absolute Gasteiger partial charge is 0.478 e. The molecule has 2 heterocycles. The number of carbonyl (C=O) groups is 8.